The number of hydrogen-bond acceptors (Lipinski definition) is 7. The summed E-state index contributed by atoms with van der Waals surface area (Å²) >= 11 is 0. The van der Waals surface area contributed by atoms with Crippen LogP contribution in [0.4, 0.5) is 5.82 Å². The summed E-state index contributed by atoms with van der Waals surface area (Å²) in [7, 11) is 0. The lowest BCUT2D eigenvalue weighted by Crippen LogP contribution is -2.52. The minimum absolute atomic E-state index is 0.195. The molecule has 140 valence electrons. The Morgan fingerprint density at radius 1 is 1.30 bits per heavy atom. The van der Waals surface area contributed by atoms with E-state index in [1.807, 2.05) is 16.6 Å². The van der Waals surface area contributed by atoms with E-state index in [2.05, 4.69) is 25.4 Å². The Morgan fingerprint density at radius 2 is 2.15 bits per heavy atom. The first kappa shape index (κ1) is 16.2. The largest absolute Gasteiger partial charge is 0.448 e. The first-order chi connectivity index (χ1) is 13.2. The number of aryl methyl sites for hydroxylation is 1. The molecule has 1 N–H and O–H groups in total. The lowest BCUT2D eigenvalue weighted by atomic mass is 9.85. The SMILES string of the molecule is Cc1nc(C(=O)NCC2CN(c3ccc4nnc(C5CCC5)n4n3)C2)co1. The van der Waals surface area contributed by atoms with Crippen molar-refractivity contribution in [3.63, 3.8) is 0 Å². The van der Waals surface area contributed by atoms with Crippen molar-refractivity contribution in [3.8, 4) is 0 Å². The van der Waals surface area contributed by atoms with E-state index in [1.54, 1.807) is 6.92 Å². The first-order valence-electron chi connectivity index (χ1n) is 9.35. The maximum atomic E-state index is 12.0. The van der Waals surface area contributed by atoms with E-state index in [-0.39, 0.29) is 5.91 Å². The highest BCUT2D eigenvalue weighted by atomic mass is 16.3. The number of nitrogens with zero attached hydrogens (tertiary/aromatic N) is 6. The number of amides is 1. The predicted octanol–water partition coefficient (Wildman–Crippen LogP) is 1.55. The van der Waals surface area contributed by atoms with Crippen molar-refractivity contribution in [1.82, 2.24) is 30.1 Å². The quantitative estimate of drug-likeness (QED) is 0.730. The average Bonchev–Trinajstić information content (AvgIpc) is 3.18. The van der Waals surface area contributed by atoms with Crippen molar-refractivity contribution in [2.75, 3.05) is 24.5 Å². The van der Waals surface area contributed by atoms with Crippen molar-refractivity contribution in [3.05, 3.63) is 35.8 Å². The monoisotopic (exact) mass is 367 g/mol. The lowest BCUT2D eigenvalue weighted by Gasteiger charge is -2.40. The Morgan fingerprint density at radius 3 is 2.85 bits per heavy atom. The molecule has 0 atom stereocenters. The highest BCUT2D eigenvalue weighted by molar-refractivity contribution is 5.91. The van der Waals surface area contributed by atoms with Gasteiger partial charge in [-0.2, -0.15) is 4.52 Å². The third-order valence-electron chi connectivity index (χ3n) is 5.43. The molecule has 0 bridgehead atoms. The lowest BCUT2D eigenvalue weighted by molar-refractivity contribution is 0.0939. The minimum atomic E-state index is -0.195. The Labute approximate surface area is 155 Å². The van der Waals surface area contributed by atoms with Gasteiger partial charge in [-0.25, -0.2) is 4.98 Å². The topological polar surface area (TPSA) is 101 Å². The van der Waals surface area contributed by atoms with Crippen LogP contribution in [-0.4, -0.2) is 50.3 Å². The summed E-state index contributed by atoms with van der Waals surface area (Å²) in [6.07, 6.45) is 4.98. The fourth-order valence-corrected chi connectivity index (χ4v) is 3.57. The molecule has 2 fully saturated rings. The molecule has 1 amide bonds. The molecule has 4 heterocycles. The van der Waals surface area contributed by atoms with Crippen molar-refractivity contribution in [2.24, 2.45) is 5.92 Å². The zero-order valence-electron chi connectivity index (χ0n) is 15.1. The van der Waals surface area contributed by atoms with Crippen LogP contribution in [0.2, 0.25) is 0 Å². The predicted molar refractivity (Wildman–Crippen MR) is 96.7 cm³/mol. The molecule has 1 aliphatic carbocycles. The number of carbonyl (C=O) groups excluding carboxylic acids is 1. The average molecular weight is 367 g/mol. The number of rotatable bonds is 5. The molecule has 0 radical (unpaired) electrons. The first-order valence-corrected chi connectivity index (χ1v) is 9.35. The van der Waals surface area contributed by atoms with Crippen LogP contribution in [0, 0.1) is 12.8 Å². The molecule has 1 saturated heterocycles. The molecule has 9 nitrogen and oxygen atoms in total. The van der Waals surface area contributed by atoms with Gasteiger partial charge in [-0.1, -0.05) is 6.42 Å². The van der Waals surface area contributed by atoms with Crippen LogP contribution in [0.5, 0.6) is 0 Å². The van der Waals surface area contributed by atoms with E-state index in [0.29, 0.717) is 30.0 Å². The second-order valence-corrected chi connectivity index (χ2v) is 7.38. The fourth-order valence-electron chi connectivity index (χ4n) is 3.57. The Kier molecular flexibility index (Phi) is 3.80. The van der Waals surface area contributed by atoms with Gasteiger partial charge < -0.3 is 14.6 Å². The highest BCUT2D eigenvalue weighted by Crippen LogP contribution is 2.35. The van der Waals surface area contributed by atoms with E-state index < -0.39 is 0 Å². The summed E-state index contributed by atoms with van der Waals surface area (Å²) < 4.78 is 6.96. The Hall–Kier alpha value is -2.97. The van der Waals surface area contributed by atoms with E-state index >= 15 is 0 Å². The van der Waals surface area contributed by atoms with Crippen LogP contribution >= 0.6 is 0 Å². The zero-order valence-corrected chi connectivity index (χ0v) is 15.1. The van der Waals surface area contributed by atoms with Gasteiger partial charge in [0, 0.05) is 38.4 Å². The molecule has 1 saturated carbocycles. The number of anilines is 1. The normalized spacial score (nSPS) is 17.7. The third-order valence-corrected chi connectivity index (χ3v) is 5.43. The van der Waals surface area contributed by atoms with Gasteiger partial charge in [0.15, 0.2) is 23.1 Å². The maximum absolute atomic E-state index is 12.0. The number of nitrogens with one attached hydrogen (secondary N) is 1. The standard InChI is InChI=1S/C18H21N7O2/c1-11-20-14(10-27-11)18(26)19-7-12-8-24(9-12)16-6-5-15-21-22-17(25(15)23-16)13-3-2-4-13/h5-6,10,12-13H,2-4,7-9H2,1H3,(H,19,26). The van der Waals surface area contributed by atoms with E-state index in [4.69, 9.17) is 9.52 Å². The Balaban J connectivity index is 1.20. The molecule has 2 aliphatic rings. The van der Waals surface area contributed by atoms with Gasteiger partial charge in [-0.3, -0.25) is 4.79 Å². The molecule has 0 aromatic carbocycles. The van der Waals surface area contributed by atoms with Gasteiger partial charge >= 0.3 is 0 Å². The van der Waals surface area contributed by atoms with Gasteiger partial charge in [-0.05, 0) is 25.0 Å². The van der Waals surface area contributed by atoms with Crippen LogP contribution in [-0.2, 0) is 0 Å². The van der Waals surface area contributed by atoms with Gasteiger partial charge in [-0.15, -0.1) is 15.3 Å². The zero-order chi connectivity index (χ0) is 18.4. The van der Waals surface area contributed by atoms with Crippen LogP contribution in [0.25, 0.3) is 5.65 Å². The number of hydrogen-bond donors (Lipinski definition) is 1. The molecule has 1 aliphatic heterocycles. The molecule has 0 spiro atoms. The van der Waals surface area contributed by atoms with E-state index in [1.165, 1.54) is 25.5 Å². The number of oxazole rings is 1. The molecule has 5 rings (SSSR count). The summed E-state index contributed by atoms with van der Waals surface area (Å²) in [5, 5.41) is 16.2. The summed E-state index contributed by atoms with van der Waals surface area (Å²) in [6, 6.07) is 3.96. The summed E-state index contributed by atoms with van der Waals surface area (Å²) in [4.78, 5) is 18.3. The van der Waals surface area contributed by atoms with Crippen LogP contribution < -0.4 is 10.2 Å². The molecular formula is C18H21N7O2. The third kappa shape index (κ3) is 2.92. The van der Waals surface area contributed by atoms with Crippen molar-refractivity contribution in [1.29, 1.82) is 0 Å². The summed E-state index contributed by atoms with van der Waals surface area (Å²) in [5.74, 6) is 3.09. The van der Waals surface area contributed by atoms with Crippen LogP contribution in [0.3, 0.4) is 0 Å². The van der Waals surface area contributed by atoms with Gasteiger partial charge in [0.2, 0.25) is 0 Å². The smallest absolute Gasteiger partial charge is 0.273 e. The fraction of sp³-hybridized carbons (Fsp3) is 0.500. The summed E-state index contributed by atoms with van der Waals surface area (Å²) in [5.41, 5.74) is 1.12. The molecule has 0 unspecified atom stereocenters. The number of aromatic nitrogens is 5. The molecule has 3 aromatic rings. The van der Waals surface area contributed by atoms with Gasteiger partial charge in [0.1, 0.15) is 12.1 Å². The molecule has 3 aromatic heterocycles. The molecule has 9 heteroatoms. The second-order valence-electron chi connectivity index (χ2n) is 7.38. The van der Waals surface area contributed by atoms with Gasteiger partial charge in [0.05, 0.1) is 0 Å². The van der Waals surface area contributed by atoms with Crippen molar-refractivity contribution < 1.29 is 9.21 Å². The van der Waals surface area contributed by atoms with Crippen molar-refractivity contribution >= 4 is 17.4 Å². The van der Waals surface area contributed by atoms with E-state index in [9.17, 15) is 4.79 Å². The van der Waals surface area contributed by atoms with Gasteiger partial charge in [0.25, 0.3) is 5.91 Å². The van der Waals surface area contributed by atoms with Crippen LogP contribution in [0.15, 0.2) is 22.8 Å². The Bertz CT molecular complexity index is 985. The molecule has 27 heavy (non-hydrogen) atoms. The van der Waals surface area contributed by atoms with E-state index in [0.717, 1.165) is 30.4 Å². The second kappa shape index (κ2) is 6.33. The van der Waals surface area contributed by atoms with Crippen LogP contribution in [0.1, 0.15) is 47.4 Å². The highest BCUT2D eigenvalue weighted by Gasteiger charge is 2.30. The van der Waals surface area contributed by atoms with Crippen molar-refractivity contribution in [2.45, 2.75) is 32.1 Å². The maximum Gasteiger partial charge on any atom is 0.273 e. The summed E-state index contributed by atoms with van der Waals surface area (Å²) in [6.45, 7) is 4.05. The molecular weight excluding hydrogens is 346 g/mol. The minimum Gasteiger partial charge on any atom is -0.448 e. The number of carbonyl (C=O) groups is 1. The number of fused-ring (bicyclic) bond motifs is 1.